The van der Waals surface area contributed by atoms with E-state index in [1.807, 2.05) is 0 Å². The Morgan fingerprint density at radius 2 is 1.50 bits per heavy atom. The molecule has 0 unspecified atom stereocenters. The molecule has 2 rings (SSSR count). The van der Waals surface area contributed by atoms with E-state index < -0.39 is 0 Å². The van der Waals surface area contributed by atoms with Gasteiger partial charge in [0.25, 0.3) is 0 Å². The van der Waals surface area contributed by atoms with Gasteiger partial charge in [0.2, 0.25) is 0 Å². The van der Waals surface area contributed by atoms with Gasteiger partial charge in [0.15, 0.2) is 0 Å². The summed E-state index contributed by atoms with van der Waals surface area (Å²) < 4.78 is 1.18. The summed E-state index contributed by atoms with van der Waals surface area (Å²) in [7, 11) is 0. The zero-order chi connectivity index (χ0) is 9.97. The van der Waals surface area contributed by atoms with E-state index in [1.165, 1.54) is 35.7 Å². The lowest BCUT2D eigenvalue weighted by molar-refractivity contribution is 0.457. The van der Waals surface area contributed by atoms with E-state index in [0.717, 1.165) is 10.7 Å². The van der Waals surface area contributed by atoms with E-state index in [1.54, 1.807) is 0 Å². The lowest BCUT2D eigenvalue weighted by atomic mass is 9.84. The highest BCUT2D eigenvalue weighted by molar-refractivity contribution is 9.10. The molecule has 76 valence electrons. The van der Waals surface area contributed by atoms with Crippen LogP contribution in [0.25, 0.3) is 0 Å². The summed E-state index contributed by atoms with van der Waals surface area (Å²) in [5.74, 6) is 0.789. The molecular formula is C12H14Br2. The number of rotatable bonds is 1. The van der Waals surface area contributed by atoms with Gasteiger partial charge in [0.1, 0.15) is 0 Å². The predicted octanol–water partition coefficient (Wildman–Crippen LogP) is 4.87. The average Bonchev–Trinajstić information content (AvgIpc) is 2.21. The zero-order valence-corrected chi connectivity index (χ0v) is 11.2. The Morgan fingerprint density at radius 3 is 2.07 bits per heavy atom. The van der Waals surface area contributed by atoms with Crippen molar-refractivity contribution in [2.75, 3.05) is 0 Å². The summed E-state index contributed by atoms with van der Waals surface area (Å²) in [6.45, 7) is 0. The fourth-order valence-electron chi connectivity index (χ4n) is 2.12. The second-order valence-electron chi connectivity index (χ2n) is 4.00. The molecular weight excluding hydrogens is 304 g/mol. The Labute approximate surface area is 102 Å². The minimum absolute atomic E-state index is 0.759. The Hall–Kier alpha value is 0.180. The van der Waals surface area contributed by atoms with E-state index in [9.17, 15) is 0 Å². The van der Waals surface area contributed by atoms with Crippen molar-refractivity contribution in [1.82, 2.24) is 0 Å². The van der Waals surface area contributed by atoms with Gasteiger partial charge in [-0.15, -0.1) is 0 Å². The molecule has 2 heteroatoms. The summed E-state index contributed by atoms with van der Waals surface area (Å²) in [5, 5.41) is 0. The van der Waals surface area contributed by atoms with Crippen LogP contribution >= 0.6 is 31.9 Å². The second kappa shape index (κ2) is 4.80. The quantitative estimate of drug-likeness (QED) is 0.648. The molecule has 0 bridgehead atoms. The lowest BCUT2D eigenvalue weighted by Crippen LogP contribution is -2.12. The van der Waals surface area contributed by atoms with Crippen molar-refractivity contribution in [2.45, 2.75) is 36.4 Å². The van der Waals surface area contributed by atoms with E-state index in [2.05, 4.69) is 56.1 Å². The monoisotopic (exact) mass is 316 g/mol. The van der Waals surface area contributed by atoms with E-state index in [4.69, 9.17) is 0 Å². The Balaban J connectivity index is 2.05. The van der Waals surface area contributed by atoms with Gasteiger partial charge in [0, 0.05) is 9.30 Å². The average molecular weight is 318 g/mol. The first-order valence-corrected chi connectivity index (χ1v) is 6.86. The third kappa shape index (κ3) is 2.60. The van der Waals surface area contributed by atoms with E-state index in [-0.39, 0.29) is 0 Å². The number of halogens is 2. The maximum absolute atomic E-state index is 3.69. The van der Waals surface area contributed by atoms with Crippen LogP contribution in [0.2, 0.25) is 0 Å². The van der Waals surface area contributed by atoms with Gasteiger partial charge >= 0.3 is 0 Å². The standard InChI is InChI=1S/C12H14Br2/c13-11-5-1-9(2-6-11)10-3-7-12(14)8-4-10/h1-2,5-6,10,12H,3-4,7-8H2/t10-,12-. The van der Waals surface area contributed by atoms with Gasteiger partial charge in [-0.25, -0.2) is 0 Å². The molecule has 1 aromatic carbocycles. The second-order valence-corrected chi connectivity index (χ2v) is 6.21. The number of benzene rings is 1. The molecule has 0 radical (unpaired) electrons. The Kier molecular flexibility index (Phi) is 3.67. The summed E-state index contributed by atoms with van der Waals surface area (Å²) >= 11 is 7.16. The van der Waals surface area contributed by atoms with Crippen LogP contribution in [0, 0.1) is 0 Å². The molecule has 0 aliphatic heterocycles. The maximum atomic E-state index is 3.69. The third-order valence-electron chi connectivity index (χ3n) is 3.00. The third-order valence-corrected chi connectivity index (χ3v) is 4.44. The molecule has 0 saturated heterocycles. The van der Waals surface area contributed by atoms with Gasteiger partial charge in [-0.1, -0.05) is 44.0 Å². The van der Waals surface area contributed by atoms with Gasteiger partial charge in [0.05, 0.1) is 0 Å². The number of hydrogen-bond acceptors (Lipinski definition) is 0. The van der Waals surface area contributed by atoms with Crippen molar-refractivity contribution >= 4 is 31.9 Å². The van der Waals surface area contributed by atoms with Crippen molar-refractivity contribution in [1.29, 1.82) is 0 Å². The zero-order valence-electron chi connectivity index (χ0n) is 8.05. The molecule has 1 aliphatic carbocycles. The van der Waals surface area contributed by atoms with Crippen LogP contribution in [-0.2, 0) is 0 Å². The van der Waals surface area contributed by atoms with E-state index >= 15 is 0 Å². The van der Waals surface area contributed by atoms with Gasteiger partial charge < -0.3 is 0 Å². The van der Waals surface area contributed by atoms with Gasteiger partial charge in [-0.2, -0.15) is 0 Å². The molecule has 0 N–H and O–H groups in total. The molecule has 0 amide bonds. The summed E-state index contributed by atoms with van der Waals surface area (Å²) in [4.78, 5) is 0.759. The van der Waals surface area contributed by atoms with E-state index in [0.29, 0.717) is 0 Å². The van der Waals surface area contributed by atoms with Crippen molar-refractivity contribution < 1.29 is 0 Å². The minimum atomic E-state index is 0.759. The first-order valence-electron chi connectivity index (χ1n) is 5.15. The molecule has 0 aromatic heterocycles. The maximum Gasteiger partial charge on any atom is 0.0175 e. The molecule has 0 nitrogen and oxygen atoms in total. The van der Waals surface area contributed by atoms with Crippen LogP contribution < -0.4 is 0 Å². The summed E-state index contributed by atoms with van der Waals surface area (Å²) in [5.41, 5.74) is 1.51. The summed E-state index contributed by atoms with van der Waals surface area (Å²) in [6, 6.07) is 8.80. The molecule has 1 aliphatic rings. The molecule has 0 heterocycles. The van der Waals surface area contributed by atoms with Gasteiger partial charge in [-0.3, -0.25) is 0 Å². The lowest BCUT2D eigenvalue weighted by Gasteiger charge is -2.25. The highest BCUT2D eigenvalue weighted by Crippen LogP contribution is 2.35. The van der Waals surface area contributed by atoms with Gasteiger partial charge in [-0.05, 0) is 49.3 Å². The number of alkyl halides is 1. The Bertz CT molecular complexity index is 284. The SMILES string of the molecule is Brc1ccc([C@H]2CC[C@H](Br)CC2)cc1. The largest absolute Gasteiger partial charge is 0.0891 e. The molecule has 1 saturated carbocycles. The molecule has 1 fully saturated rings. The smallest absolute Gasteiger partial charge is 0.0175 e. The van der Waals surface area contributed by atoms with Crippen LogP contribution in [0.1, 0.15) is 37.2 Å². The normalized spacial score (nSPS) is 27.6. The molecule has 0 spiro atoms. The van der Waals surface area contributed by atoms with Crippen molar-refractivity contribution in [2.24, 2.45) is 0 Å². The van der Waals surface area contributed by atoms with Crippen molar-refractivity contribution in [3.8, 4) is 0 Å². The highest BCUT2D eigenvalue weighted by Gasteiger charge is 2.20. The summed E-state index contributed by atoms with van der Waals surface area (Å²) in [6.07, 6.45) is 5.30. The fourth-order valence-corrected chi connectivity index (χ4v) is 2.91. The topological polar surface area (TPSA) is 0 Å². The van der Waals surface area contributed by atoms with Crippen LogP contribution in [0.5, 0.6) is 0 Å². The van der Waals surface area contributed by atoms with Crippen LogP contribution in [0.4, 0.5) is 0 Å². The van der Waals surface area contributed by atoms with Crippen molar-refractivity contribution in [3.63, 3.8) is 0 Å². The molecule has 1 aromatic rings. The van der Waals surface area contributed by atoms with Crippen molar-refractivity contribution in [3.05, 3.63) is 34.3 Å². The minimum Gasteiger partial charge on any atom is -0.0891 e. The predicted molar refractivity (Wildman–Crippen MR) is 68.1 cm³/mol. The molecule has 0 atom stereocenters. The fraction of sp³-hybridized carbons (Fsp3) is 0.500. The number of hydrogen-bond donors (Lipinski definition) is 0. The van der Waals surface area contributed by atoms with Crippen LogP contribution in [0.15, 0.2) is 28.7 Å². The highest BCUT2D eigenvalue weighted by atomic mass is 79.9. The van der Waals surface area contributed by atoms with Crippen LogP contribution in [0.3, 0.4) is 0 Å². The first-order chi connectivity index (χ1) is 6.75. The van der Waals surface area contributed by atoms with Crippen LogP contribution in [-0.4, -0.2) is 4.83 Å². The molecule has 14 heavy (non-hydrogen) atoms. The first kappa shape index (κ1) is 10.7. The Morgan fingerprint density at radius 1 is 0.929 bits per heavy atom.